The molecule has 3 aromatic rings. The molecule has 1 saturated carbocycles. The van der Waals surface area contributed by atoms with E-state index in [2.05, 4.69) is 20.3 Å². The molecule has 1 saturated heterocycles. The number of anilines is 1. The average molecular weight is 556 g/mol. The molecule has 3 aliphatic rings. The first-order valence-electron chi connectivity index (χ1n) is 13.2. The molecule has 1 aromatic carbocycles. The van der Waals surface area contributed by atoms with Gasteiger partial charge in [-0.15, -0.1) is 0 Å². The highest BCUT2D eigenvalue weighted by molar-refractivity contribution is 6.33. The fraction of sp³-hybridized carbons (Fsp3) is 0.500. The average Bonchev–Trinajstić information content (AvgIpc) is 3.63. The molecule has 39 heavy (non-hydrogen) atoms. The van der Waals surface area contributed by atoms with E-state index in [-0.39, 0.29) is 40.8 Å². The van der Waals surface area contributed by atoms with Gasteiger partial charge in [0.05, 0.1) is 47.7 Å². The van der Waals surface area contributed by atoms with E-state index < -0.39 is 17.5 Å². The van der Waals surface area contributed by atoms with Crippen LogP contribution in [0.5, 0.6) is 0 Å². The number of aliphatic hydroxyl groups excluding tert-OH is 1. The van der Waals surface area contributed by atoms with Crippen LogP contribution in [0, 0.1) is 5.82 Å². The SMILES string of the molecule is CC(C)(C)OC(=O)N1Cc2c(cnc3c(F)cc(-c4nc(N[C@@H]5CCOC[C@H]5O)ncc4Cl)cc23)CC12CC2. The van der Waals surface area contributed by atoms with Crippen molar-refractivity contribution in [3.63, 3.8) is 0 Å². The van der Waals surface area contributed by atoms with E-state index in [1.807, 2.05) is 26.8 Å². The number of carbonyl (C=O) groups is 1. The molecule has 0 radical (unpaired) electrons. The Morgan fingerprint density at radius 1 is 1.28 bits per heavy atom. The molecule has 1 amide bonds. The van der Waals surface area contributed by atoms with E-state index in [1.165, 1.54) is 12.3 Å². The number of hydrogen-bond donors (Lipinski definition) is 2. The lowest BCUT2D eigenvalue weighted by Crippen LogP contribution is -2.48. The number of amides is 1. The van der Waals surface area contributed by atoms with E-state index >= 15 is 4.39 Å². The Morgan fingerprint density at radius 3 is 2.79 bits per heavy atom. The van der Waals surface area contributed by atoms with Gasteiger partial charge < -0.3 is 19.9 Å². The topological polar surface area (TPSA) is 110 Å². The van der Waals surface area contributed by atoms with Crippen LogP contribution in [0.25, 0.3) is 22.2 Å². The first kappa shape index (κ1) is 26.2. The van der Waals surface area contributed by atoms with Gasteiger partial charge in [0.15, 0.2) is 0 Å². The minimum Gasteiger partial charge on any atom is -0.444 e. The largest absolute Gasteiger partial charge is 0.444 e. The van der Waals surface area contributed by atoms with E-state index in [1.54, 1.807) is 11.1 Å². The Hall–Kier alpha value is -3.08. The third-order valence-corrected chi connectivity index (χ3v) is 7.91. The molecule has 4 heterocycles. The lowest BCUT2D eigenvalue weighted by atomic mass is 9.90. The molecule has 206 valence electrons. The van der Waals surface area contributed by atoms with Gasteiger partial charge in [0.2, 0.25) is 5.95 Å². The summed E-state index contributed by atoms with van der Waals surface area (Å²) in [5, 5.41) is 14.3. The zero-order chi connectivity index (χ0) is 27.5. The Balaban J connectivity index is 1.39. The number of pyridine rings is 1. The Kier molecular flexibility index (Phi) is 6.39. The molecule has 2 aromatic heterocycles. The molecule has 1 spiro atoms. The molecule has 1 aliphatic carbocycles. The zero-order valence-electron chi connectivity index (χ0n) is 22.1. The Bertz CT molecular complexity index is 1460. The molecule has 9 nitrogen and oxygen atoms in total. The first-order chi connectivity index (χ1) is 18.5. The molecular formula is C28H31ClFN5O4. The summed E-state index contributed by atoms with van der Waals surface area (Å²) in [5.41, 5.74) is 2.00. The molecule has 2 fully saturated rings. The lowest BCUT2D eigenvalue weighted by molar-refractivity contribution is -0.0136. The normalized spacial score (nSPS) is 22.1. The van der Waals surface area contributed by atoms with Crippen molar-refractivity contribution in [2.24, 2.45) is 0 Å². The van der Waals surface area contributed by atoms with Crippen LogP contribution >= 0.6 is 11.6 Å². The first-order valence-corrected chi connectivity index (χ1v) is 13.6. The molecule has 2 aliphatic heterocycles. The van der Waals surface area contributed by atoms with Crippen molar-refractivity contribution in [2.45, 2.75) is 76.3 Å². The van der Waals surface area contributed by atoms with Crippen LogP contribution in [0.2, 0.25) is 5.02 Å². The van der Waals surface area contributed by atoms with Crippen molar-refractivity contribution >= 4 is 34.5 Å². The fourth-order valence-corrected chi connectivity index (χ4v) is 5.67. The maximum absolute atomic E-state index is 15.5. The van der Waals surface area contributed by atoms with Crippen LogP contribution in [-0.2, 0) is 22.4 Å². The molecule has 2 atom stereocenters. The van der Waals surface area contributed by atoms with Crippen molar-refractivity contribution < 1.29 is 23.8 Å². The second-order valence-corrected chi connectivity index (χ2v) is 12.1. The predicted octanol–water partition coefficient (Wildman–Crippen LogP) is 4.87. The van der Waals surface area contributed by atoms with E-state index in [9.17, 15) is 9.90 Å². The van der Waals surface area contributed by atoms with Gasteiger partial charge in [0.25, 0.3) is 0 Å². The van der Waals surface area contributed by atoms with Crippen LogP contribution in [0.15, 0.2) is 24.5 Å². The number of benzene rings is 1. The Labute approximate surface area is 230 Å². The predicted molar refractivity (Wildman–Crippen MR) is 144 cm³/mol. The molecular weight excluding hydrogens is 525 g/mol. The number of aromatic nitrogens is 3. The van der Waals surface area contributed by atoms with Gasteiger partial charge >= 0.3 is 6.09 Å². The molecule has 6 rings (SSSR count). The smallest absolute Gasteiger partial charge is 0.411 e. The van der Waals surface area contributed by atoms with Crippen LogP contribution in [0.1, 0.15) is 51.2 Å². The van der Waals surface area contributed by atoms with Gasteiger partial charge in [0, 0.05) is 23.8 Å². The molecule has 0 unspecified atom stereocenters. The summed E-state index contributed by atoms with van der Waals surface area (Å²) in [6.07, 6.45) is 5.16. The number of fused-ring (bicyclic) bond motifs is 3. The van der Waals surface area contributed by atoms with Crippen molar-refractivity contribution in [2.75, 3.05) is 18.5 Å². The number of hydrogen-bond acceptors (Lipinski definition) is 8. The number of aliphatic hydroxyl groups is 1. The number of nitrogens with zero attached hydrogens (tertiary/aromatic N) is 4. The highest BCUT2D eigenvalue weighted by Crippen LogP contribution is 2.50. The summed E-state index contributed by atoms with van der Waals surface area (Å²) in [5.74, 6) is -0.231. The standard InChI is InChI=1S/C28H31ClFN5O4/c1-27(2,3)39-26(37)35-13-18-16(10-28(35)5-6-28)11-31-24-17(18)8-15(9-20(24)30)23-19(29)12-32-25(34-23)33-21-4-7-38-14-22(21)36/h8-9,11-12,21-22,36H,4-7,10,13-14H2,1-3H3,(H,32,33,34)/t21-,22-/m1/s1. The molecule has 2 N–H and O–H groups in total. The third-order valence-electron chi connectivity index (χ3n) is 7.63. The van der Waals surface area contributed by atoms with Crippen molar-refractivity contribution in [3.05, 3.63) is 46.5 Å². The minimum atomic E-state index is -0.695. The van der Waals surface area contributed by atoms with Gasteiger partial charge in [-0.2, -0.15) is 0 Å². The van der Waals surface area contributed by atoms with Crippen molar-refractivity contribution in [1.29, 1.82) is 0 Å². The highest BCUT2D eigenvalue weighted by Gasteiger charge is 2.53. The number of ether oxygens (including phenoxy) is 2. The summed E-state index contributed by atoms with van der Waals surface area (Å²) >= 11 is 6.49. The van der Waals surface area contributed by atoms with Crippen molar-refractivity contribution in [3.8, 4) is 11.3 Å². The van der Waals surface area contributed by atoms with Gasteiger partial charge in [-0.1, -0.05) is 11.6 Å². The lowest BCUT2D eigenvalue weighted by Gasteiger charge is -2.38. The Morgan fingerprint density at radius 2 is 2.08 bits per heavy atom. The molecule has 11 heteroatoms. The van der Waals surface area contributed by atoms with E-state index in [0.717, 1.165) is 24.0 Å². The minimum absolute atomic E-state index is 0.224. The van der Waals surface area contributed by atoms with Crippen LogP contribution in [0.4, 0.5) is 15.1 Å². The third kappa shape index (κ3) is 5.01. The number of nitrogens with one attached hydrogen (secondary N) is 1. The second-order valence-electron chi connectivity index (χ2n) is 11.7. The van der Waals surface area contributed by atoms with Gasteiger partial charge in [-0.25, -0.2) is 19.2 Å². The summed E-state index contributed by atoms with van der Waals surface area (Å²) in [6, 6.07) is 2.91. The van der Waals surface area contributed by atoms with Crippen LogP contribution in [0.3, 0.4) is 0 Å². The summed E-state index contributed by atoms with van der Waals surface area (Å²) in [7, 11) is 0. The summed E-state index contributed by atoms with van der Waals surface area (Å²) in [4.78, 5) is 28.3. The van der Waals surface area contributed by atoms with E-state index in [4.69, 9.17) is 21.1 Å². The summed E-state index contributed by atoms with van der Waals surface area (Å²) in [6.45, 7) is 6.60. The maximum Gasteiger partial charge on any atom is 0.411 e. The number of rotatable bonds is 3. The molecule has 0 bridgehead atoms. The van der Waals surface area contributed by atoms with Gasteiger partial charge in [-0.05, 0) is 69.7 Å². The second kappa shape index (κ2) is 9.53. The van der Waals surface area contributed by atoms with Crippen LogP contribution in [-0.4, -0.2) is 67.6 Å². The van der Waals surface area contributed by atoms with E-state index in [0.29, 0.717) is 42.6 Å². The highest BCUT2D eigenvalue weighted by atomic mass is 35.5. The zero-order valence-corrected chi connectivity index (χ0v) is 22.9. The monoisotopic (exact) mass is 555 g/mol. The number of carbonyl (C=O) groups excluding carboxylic acids is 1. The fourth-order valence-electron chi connectivity index (χ4n) is 5.47. The number of halogens is 2. The van der Waals surface area contributed by atoms with Crippen molar-refractivity contribution in [1.82, 2.24) is 19.9 Å². The van der Waals surface area contributed by atoms with Gasteiger partial charge in [0.1, 0.15) is 16.9 Å². The summed E-state index contributed by atoms with van der Waals surface area (Å²) < 4.78 is 26.5. The van der Waals surface area contributed by atoms with Gasteiger partial charge in [-0.3, -0.25) is 9.88 Å². The van der Waals surface area contributed by atoms with Crippen LogP contribution < -0.4 is 5.32 Å². The maximum atomic E-state index is 15.5. The quantitative estimate of drug-likeness (QED) is 0.471.